The monoisotopic (exact) mass is 177 g/mol. The van der Waals surface area contributed by atoms with Gasteiger partial charge in [0.1, 0.15) is 0 Å². The van der Waals surface area contributed by atoms with Gasteiger partial charge in [-0.05, 0) is 24.4 Å². The minimum Gasteiger partial charge on any atom is -0.383 e. The molecule has 1 heterocycles. The summed E-state index contributed by atoms with van der Waals surface area (Å²) >= 11 is 5.35. The molecule has 1 fully saturated rings. The van der Waals surface area contributed by atoms with E-state index >= 15 is 0 Å². The average molecular weight is 178 g/mol. The Bertz CT molecular complexity index is 151. The van der Waals surface area contributed by atoms with Crippen molar-refractivity contribution in [3.63, 3.8) is 0 Å². The molecule has 1 amide bonds. The average Bonchev–Trinajstić information content (AvgIpc) is 2.36. The number of rotatable bonds is 2. The molecule has 4 heteroatoms. The lowest BCUT2D eigenvalue weighted by Gasteiger charge is -2.20. The third-order valence-corrected chi connectivity index (χ3v) is 2.18. The Balaban J connectivity index is 2.44. The molecule has 0 unspecified atom stereocenters. The molecule has 0 bridgehead atoms. The number of carbonyl (C=O) groups excluding carboxylic acids is 1. The molecule has 64 valence electrons. The van der Waals surface area contributed by atoms with E-state index in [2.05, 4.69) is 0 Å². The first kappa shape index (κ1) is 8.81. The van der Waals surface area contributed by atoms with Crippen molar-refractivity contribution in [2.75, 3.05) is 20.3 Å². The van der Waals surface area contributed by atoms with Crippen LogP contribution in [-0.4, -0.2) is 36.6 Å². The van der Waals surface area contributed by atoms with Crippen molar-refractivity contribution >= 4 is 17.0 Å². The van der Waals surface area contributed by atoms with Gasteiger partial charge in [-0.15, -0.1) is 0 Å². The maximum absolute atomic E-state index is 10.8. The molecule has 1 saturated heterocycles. The summed E-state index contributed by atoms with van der Waals surface area (Å²) in [5, 5.41) is -0.357. The van der Waals surface area contributed by atoms with E-state index in [1.807, 2.05) is 0 Å². The number of hydrogen-bond donors (Lipinski definition) is 0. The molecule has 0 aliphatic carbocycles. The molecule has 0 radical (unpaired) electrons. The first-order valence-electron chi connectivity index (χ1n) is 3.70. The van der Waals surface area contributed by atoms with Gasteiger partial charge in [0, 0.05) is 13.7 Å². The van der Waals surface area contributed by atoms with Crippen molar-refractivity contribution in [2.24, 2.45) is 0 Å². The second kappa shape index (κ2) is 3.93. The number of methoxy groups -OCH3 is 1. The van der Waals surface area contributed by atoms with E-state index < -0.39 is 0 Å². The van der Waals surface area contributed by atoms with Gasteiger partial charge in [0.2, 0.25) is 0 Å². The number of nitrogens with zero attached hydrogens (tertiary/aromatic N) is 1. The molecule has 0 saturated carbocycles. The van der Waals surface area contributed by atoms with Gasteiger partial charge >= 0.3 is 5.37 Å². The van der Waals surface area contributed by atoms with Crippen molar-refractivity contribution in [3.8, 4) is 0 Å². The zero-order valence-electron chi connectivity index (χ0n) is 6.55. The fourth-order valence-electron chi connectivity index (χ4n) is 1.43. The molecule has 1 aliphatic rings. The standard InChI is InChI=1S/C7H12ClNO2/c1-11-5-6-3-2-4-9(6)7(8)10/h6H,2-5H2,1H3/t6-/m0/s1. The van der Waals surface area contributed by atoms with Crippen molar-refractivity contribution in [2.45, 2.75) is 18.9 Å². The second-order valence-corrected chi connectivity index (χ2v) is 3.02. The summed E-state index contributed by atoms with van der Waals surface area (Å²) in [5.41, 5.74) is 0. The highest BCUT2D eigenvalue weighted by Crippen LogP contribution is 2.18. The minimum atomic E-state index is -0.357. The van der Waals surface area contributed by atoms with Crippen LogP contribution in [0.25, 0.3) is 0 Å². The van der Waals surface area contributed by atoms with Gasteiger partial charge in [0.05, 0.1) is 12.6 Å². The Morgan fingerprint density at radius 1 is 1.82 bits per heavy atom. The SMILES string of the molecule is COC[C@@H]1CCCN1C(=O)Cl. The summed E-state index contributed by atoms with van der Waals surface area (Å²) in [6.45, 7) is 1.37. The Morgan fingerprint density at radius 3 is 3.09 bits per heavy atom. The molecule has 0 aromatic carbocycles. The maximum atomic E-state index is 10.8. The Labute approximate surface area is 71.3 Å². The lowest BCUT2D eigenvalue weighted by atomic mass is 10.2. The van der Waals surface area contributed by atoms with E-state index in [1.165, 1.54) is 0 Å². The third kappa shape index (κ3) is 2.07. The quantitative estimate of drug-likeness (QED) is 0.472. The first-order valence-corrected chi connectivity index (χ1v) is 4.08. The van der Waals surface area contributed by atoms with Crippen LogP contribution in [0, 0.1) is 0 Å². The topological polar surface area (TPSA) is 29.5 Å². The molecule has 0 aromatic rings. The maximum Gasteiger partial charge on any atom is 0.316 e. The largest absolute Gasteiger partial charge is 0.383 e. The van der Waals surface area contributed by atoms with Gasteiger partial charge < -0.3 is 9.64 Å². The highest BCUT2D eigenvalue weighted by molar-refractivity contribution is 6.62. The molecule has 1 rings (SSSR count). The van der Waals surface area contributed by atoms with Gasteiger partial charge in [-0.2, -0.15) is 0 Å². The van der Waals surface area contributed by atoms with Crippen LogP contribution in [-0.2, 0) is 4.74 Å². The van der Waals surface area contributed by atoms with Gasteiger partial charge in [0.25, 0.3) is 0 Å². The van der Waals surface area contributed by atoms with Crippen molar-refractivity contribution < 1.29 is 9.53 Å². The van der Waals surface area contributed by atoms with Gasteiger partial charge in [0.15, 0.2) is 0 Å². The molecule has 1 aliphatic heterocycles. The Kier molecular flexibility index (Phi) is 3.15. The summed E-state index contributed by atoms with van der Waals surface area (Å²) in [6.07, 6.45) is 2.04. The molecule has 0 aromatic heterocycles. The predicted molar refractivity (Wildman–Crippen MR) is 42.9 cm³/mol. The van der Waals surface area contributed by atoms with Crippen LogP contribution in [0.5, 0.6) is 0 Å². The fourth-order valence-corrected chi connectivity index (χ4v) is 1.66. The number of ether oxygens (including phenoxy) is 1. The van der Waals surface area contributed by atoms with Crippen molar-refractivity contribution in [1.29, 1.82) is 0 Å². The van der Waals surface area contributed by atoms with Gasteiger partial charge in [-0.25, -0.2) is 0 Å². The number of likely N-dealkylation sites (tertiary alicyclic amines) is 1. The van der Waals surface area contributed by atoms with Crippen LogP contribution < -0.4 is 0 Å². The third-order valence-electron chi connectivity index (χ3n) is 1.96. The fraction of sp³-hybridized carbons (Fsp3) is 0.857. The second-order valence-electron chi connectivity index (χ2n) is 2.70. The summed E-state index contributed by atoms with van der Waals surface area (Å²) in [4.78, 5) is 12.4. The lowest BCUT2D eigenvalue weighted by molar-refractivity contribution is 0.132. The van der Waals surface area contributed by atoms with E-state index in [1.54, 1.807) is 12.0 Å². The smallest absolute Gasteiger partial charge is 0.316 e. The summed E-state index contributed by atoms with van der Waals surface area (Å²) in [6, 6.07) is 0.199. The van der Waals surface area contributed by atoms with Gasteiger partial charge in [-0.3, -0.25) is 4.79 Å². The summed E-state index contributed by atoms with van der Waals surface area (Å²) in [5.74, 6) is 0. The highest BCUT2D eigenvalue weighted by Gasteiger charge is 2.27. The van der Waals surface area contributed by atoms with Crippen molar-refractivity contribution in [1.82, 2.24) is 4.90 Å². The first-order chi connectivity index (χ1) is 5.25. The van der Waals surface area contributed by atoms with E-state index in [-0.39, 0.29) is 11.4 Å². The molecule has 3 nitrogen and oxygen atoms in total. The van der Waals surface area contributed by atoms with Crippen LogP contribution in [0.4, 0.5) is 4.79 Å². The molecule has 1 atom stereocenters. The minimum absolute atomic E-state index is 0.199. The van der Waals surface area contributed by atoms with Crippen molar-refractivity contribution in [3.05, 3.63) is 0 Å². The van der Waals surface area contributed by atoms with Crippen LogP contribution in [0.1, 0.15) is 12.8 Å². The molecule has 11 heavy (non-hydrogen) atoms. The van der Waals surface area contributed by atoms with Crippen LogP contribution >= 0.6 is 11.6 Å². The molecular weight excluding hydrogens is 166 g/mol. The molecule has 0 N–H and O–H groups in total. The molecular formula is C7H12ClNO2. The predicted octanol–water partition coefficient (Wildman–Crippen LogP) is 1.46. The number of hydrogen-bond acceptors (Lipinski definition) is 2. The van der Waals surface area contributed by atoms with E-state index in [4.69, 9.17) is 16.3 Å². The number of carbonyl (C=O) groups is 1. The van der Waals surface area contributed by atoms with Gasteiger partial charge in [-0.1, -0.05) is 0 Å². The van der Waals surface area contributed by atoms with E-state index in [9.17, 15) is 4.79 Å². The van der Waals surface area contributed by atoms with Crippen LogP contribution in [0.15, 0.2) is 0 Å². The Hall–Kier alpha value is -0.280. The summed E-state index contributed by atoms with van der Waals surface area (Å²) < 4.78 is 4.95. The number of halogens is 1. The normalized spacial score (nSPS) is 24.2. The zero-order chi connectivity index (χ0) is 8.27. The van der Waals surface area contributed by atoms with E-state index in [0.717, 1.165) is 19.4 Å². The van der Waals surface area contributed by atoms with Crippen LogP contribution in [0.2, 0.25) is 0 Å². The highest BCUT2D eigenvalue weighted by atomic mass is 35.5. The number of amides is 1. The molecule has 0 spiro atoms. The van der Waals surface area contributed by atoms with E-state index in [0.29, 0.717) is 6.61 Å². The van der Waals surface area contributed by atoms with Crippen LogP contribution in [0.3, 0.4) is 0 Å². The summed E-state index contributed by atoms with van der Waals surface area (Å²) in [7, 11) is 1.63. The Morgan fingerprint density at radius 2 is 2.55 bits per heavy atom. The zero-order valence-corrected chi connectivity index (χ0v) is 7.30. The lowest BCUT2D eigenvalue weighted by Crippen LogP contribution is -2.34.